The van der Waals surface area contributed by atoms with Gasteiger partial charge in [0.25, 0.3) is 0 Å². The first-order valence-electron chi connectivity index (χ1n) is 11.1. The highest BCUT2D eigenvalue weighted by Gasteiger charge is 2.22. The molecule has 162 valence electrons. The lowest BCUT2D eigenvalue weighted by Crippen LogP contribution is -2.35. The van der Waals surface area contributed by atoms with Crippen LogP contribution in [0.5, 0.6) is 0 Å². The van der Waals surface area contributed by atoms with Crippen molar-refractivity contribution in [3.05, 3.63) is 48.0 Å². The van der Waals surface area contributed by atoms with Gasteiger partial charge in [-0.05, 0) is 76.7 Å². The molecule has 29 heavy (non-hydrogen) atoms. The summed E-state index contributed by atoms with van der Waals surface area (Å²) in [5.41, 5.74) is 0.801. The molecule has 0 N–H and O–H groups in total. The van der Waals surface area contributed by atoms with E-state index in [-0.39, 0.29) is 6.09 Å². The third kappa shape index (κ3) is 9.98. The average Bonchev–Trinajstić information content (AvgIpc) is 2.69. The van der Waals surface area contributed by atoms with Gasteiger partial charge < -0.3 is 14.4 Å². The van der Waals surface area contributed by atoms with E-state index in [0.29, 0.717) is 12.5 Å². The fraction of sp³-hybridized carbons (Fsp3) is 0.640. The molecule has 1 amide bonds. The van der Waals surface area contributed by atoms with E-state index in [1.807, 2.05) is 46.0 Å². The Morgan fingerprint density at radius 1 is 1.14 bits per heavy atom. The monoisotopic (exact) mass is 401 g/mol. The summed E-state index contributed by atoms with van der Waals surface area (Å²) in [5.74, 6) is 1.42. The second kappa shape index (κ2) is 12.0. The van der Waals surface area contributed by atoms with Gasteiger partial charge in [-0.25, -0.2) is 4.79 Å². The van der Waals surface area contributed by atoms with E-state index < -0.39 is 5.60 Å². The van der Waals surface area contributed by atoms with Crippen molar-refractivity contribution < 1.29 is 14.3 Å². The van der Waals surface area contributed by atoms with Gasteiger partial charge in [0.15, 0.2) is 0 Å². The Morgan fingerprint density at radius 3 is 2.48 bits per heavy atom. The van der Waals surface area contributed by atoms with Crippen molar-refractivity contribution in [2.75, 3.05) is 20.2 Å². The maximum absolute atomic E-state index is 12.0. The van der Waals surface area contributed by atoms with E-state index in [1.165, 1.54) is 31.2 Å². The molecular formula is C25H39NO3. The summed E-state index contributed by atoms with van der Waals surface area (Å²) in [4.78, 5) is 13.8. The van der Waals surface area contributed by atoms with E-state index in [4.69, 9.17) is 9.47 Å². The number of carbonyl (C=O) groups excluding carboxylic acids is 1. The van der Waals surface area contributed by atoms with Crippen LogP contribution in [0.25, 0.3) is 0 Å². The van der Waals surface area contributed by atoms with Crippen LogP contribution in [0.4, 0.5) is 4.79 Å². The van der Waals surface area contributed by atoms with Gasteiger partial charge in [0.05, 0.1) is 13.2 Å². The Balaban J connectivity index is 1.54. The lowest BCUT2D eigenvalue weighted by Gasteiger charge is -2.29. The molecule has 4 heteroatoms. The third-order valence-corrected chi connectivity index (χ3v) is 5.42. The minimum absolute atomic E-state index is 0.219. The SMILES string of the molecule is CN(CCC1CCC(C=CCCOCc2ccccc2)CC1)C(=O)OC(C)(C)C. The van der Waals surface area contributed by atoms with Crippen LogP contribution in [0, 0.1) is 11.8 Å². The molecule has 1 aliphatic rings. The van der Waals surface area contributed by atoms with Crippen molar-refractivity contribution in [1.82, 2.24) is 4.90 Å². The van der Waals surface area contributed by atoms with Gasteiger partial charge in [0.2, 0.25) is 0 Å². The zero-order valence-electron chi connectivity index (χ0n) is 18.7. The van der Waals surface area contributed by atoms with Gasteiger partial charge >= 0.3 is 6.09 Å². The predicted molar refractivity (Wildman–Crippen MR) is 119 cm³/mol. The van der Waals surface area contributed by atoms with Crippen molar-refractivity contribution in [3.63, 3.8) is 0 Å². The number of hydrogen-bond acceptors (Lipinski definition) is 3. The van der Waals surface area contributed by atoms with Gasteiger partial charge in [0.1, 0.15) is 5.60 Å². The molecule has 1 aromatic carbocycles. The average molecular weight is 402 g/mol. The number of allylic oxidation sites excluding steroid dienone is 1. The maximum atomic E-state index is 12.0. The molecular weight excluding hydrogens is 362 g/mol. The fourth-order valence-electron chi connectivity index (χ4n) is 3.68. The van der Waals surface area contributed by atoms with Crippen molar-refractivity contribution in [1.29, 1.82) is 0 Å². The Hall–Kier alpha value is -1.81. The molecule has 0 aliphatic heterocycles. The Bertz CT molecular complexity index is 613. The maximum Gasteiger partial charge on any atom is 0.410 e. The Morgan fingerprint density at radius 2 is 1.83 bits per heavy atom. The van der Waals surface area contributed by atoms with E-state index in [1.54, 1.807) is 4.90 Å². The van der Waals surface area contributed by atoms with Gasteiger partial charge in [-0.2, -0.15) is 0 Å². The van der Waals surface area contributed by atoms with Crippen LogP contribution in [0.1, 0.15) is 64.9 Å². The molecule has 1 saturated carbocycles. The standard InChI is InChI=1S/C25H39NO3/c1-25(2,3)29-24(27)26(4)18-17-22-15-13-21(14-16-22)10-8-9-19-28-20-23-11-6-5-7-12-23/h5-8,10-12,21-22H,9,13-20H2,1-4H3. The van der Waals surface area contributed by atoms with E-state index >= 15 is 0 Å². The summed E-state index contributed by atoms with van der Waals surface area (Å²) >= 11 is 0. The number of ether oxygens (including phenoxy) is 2. The van der Waals surface area contributed by atoms with Gasteiger partial charge in [-0.15, -0.1) is 0 Å². The topological polar surface area (TPSA) is 38.8 Å². The minimum atomic E-state index is -0.428. The molecule has 4 nitrogen and oxygen atoms in total. The van der Waals surface area contributed by atoms with Crippen molar-refractivity contribution in [3.8, 4) is 0 Å². The molecule has 0 aromatic heterocycles. The number of amides is 1. The van der Waals surface area contributed by atoms with E-state index in [0.717, 1.165) is 31.9 Å². The molecule has 1 aromatic rings. The van der Waals surface area contributed by atoms with E-state index in [9.17, 15) is 4.79 Å². The summed E-state index contributed by atoms with van der Waals surface area (Å²) in [6.45, 7) is 7.96. The second-order valence-corrected chi connectivity index (χ2v) is 9.23. The first kappa shape index (κ1) is 23.5. The molecule has 0 bridgehead atoms. The number of rotatable bonds is 9. The summed E-state index contributed by atoms with van der Waals surface area (Å²) in [6, 6.07) is 10.3. The highest BCUT2D eigenvalue weighted by Crippen LogP contribution is 2.31. The summed E-state index contributed by atoms with van der Waals surface area (Å²) in [5, 5.41) is 0. The van der Waals surface area contributed by atoms with Gasteiger partial charge in [0, 0.05) is 13.6 Å². The van der Waals surface area contributed by atoms with Crippen LogP contribution in [0.2, 0.25) is 0 Å². The first-order valence-corrected chi connectivity index (χ1v) is 11.1. The van der Waals surface area contributed by atoms with Gasteiger partial charge in [-0.3, -0.25) is 0 Å². The van der Waals surface area contributed by atoms with Crippen molar-refractivity contribution >= 4 is 6.09 Å². The smallest absolute Gasteiger partial charge is 0.410 e. The summed E-state index contributed by atoms with van der Waals surface area (Å²) in [6.07, 6.45) is 11.5. The molecule has 1 fully saturated rings. The van der Waals surface area contributed by atoms with Crippen molar-refractivity contribution in [2.45, 2.75) is 71.5 Å². The highest BCUT2D eigenvalue weighted by atomic mass is 16.6. The molecule has 2 rings (SSSR count). The molecule has 0 heterocycles. The zero-order valence-corrected chi connectivity index (χ0v) is 18.7. The van der Waals surface area contributed by atoms with Crippen LogP contribution < -0.4 is 0 Å². The number of nitrogens with zero attached hydrogens (tertiary/aromatic N) is 1. The van der Waals surface area contributed by atoms with E-state index in [2.05, 4.69) is 24.3 Å². The molecule has 0 atom stereocenters. The third-order valence-electron chi connectivity index (χ3n) is 5.42. The first-order chi connectivity index (χ1) is 13.8. The van der Waals surface area contributed by atoms with Crippen LogP contribution in [-0.2, 0) is 16.1 Å². The van der Waals surface area contributed by atoms with Crippen LogP contribution in [0.15, 0.2) is 42.5 Å². The van der Waals surface area contributed by atoms with Crippen LogP contribution in [-0.4, -0.2) is 36.8 Å². The summed E-state index contributed by atoms with van der Waals surface area (Å²) in [7, 11) is 1.84. The lowest BCUT2D eigenvalue weighted by atomic mass is 9.80. The summed E-state index contributed by atoms with van der Waals surface area (Å²) < 4.78 is 11.2. The predicted octanol–water partition coefficient (Wildman–Crippen LogP) is 6.21. The molecule has 0 radical (unpaired) electrons. The quantitative estimate of drug-likeness (QED) is 0.364. The molecule has 1 aliphatic carbocycles. The van der Waals surface area contributed by atoms with Gasteiger partial charge in [-0.1, -0.05) is 42.5 Å². The number of benzene rings is 1. The van der Waals surface area contributed by atoms with Crippen LogP contribution in [0.3, 0.4) is 0 Å². The lowest BCUT2D eigenvalue weighted by molar-refractivity contribution is 0.0286. The second-order valence-electron chi connectivity index (χ2n) is 9.23. The zero-order chi connectivity index (χ0) is 21.1. The minimum Gasteiger partial charge on any atom is -0.444 e. The van der Waals surface area contributed by atoms with Crippen molar-refractivity contribution in [2.24, 2.45) is 11.8 Å². The largest absolute Gasteiger partial charge is 0.444 e. The molecule has 0 saturated heterocycles. The fourth-order valence-corrected chi connectivity index (χ4v) is 3.68. The highest BCUT2D eigenvalue weighted by molar-refractivity contribution is 5.67. The number of hydrogen-bond donors (Lipinski definition) is 0. The number of carbonyl (C=O) groups is 1. The Labute approximate surface area is 177 Å². The van der Waals surface area contributed by atoms with Crippen LogP contribution >= 0.6 is 0 Å². The molecule has 0 spiro atoms. The Kier molecular flexibility index (Phi) is 9.72. The molecule has 0 unspecified atom stereocenters. The normalized spacial score (nSPS) is 20.0.